The molecule has 0 aliphatic carbocycles. The Morgan fingerprint density at radius 3 is 2.89 bits per heavy atom. The van der Waals surface area contributed by atoms with Gasteiger partial charge in [-0.1, -0.05) is 25.1 Å². The lowest BCUT2D eigenvalue weighted by atomic mass is 9.92. The van der Waals surface area contributed by atoms with Crippen molar-refractivity contribution >= 4 is 0 Å². The van der Waals surface area contributed by atoms with E-state index in [1.165, 1.54) is 6.42 Å². The number of aromatic hydroxyl groups is 1. The molecule has 0 bridgehead atoms. The van der Waals surface area contributed by atoms with Gasteiger partial charge in [-0.25, -0.2) is 0 Å². The summed E-state index contributed by atoms with van der Waals surface area (Å²) in [6.07, 6.45) is 1.20. The number of hydrogen-bond donors (Lipinski definition) is 2. The monoisotopic (exact) mass is 260 g/mol. The molecule has 1 aromatic rings. The third kappa shape index (κ3) is 2.15. The van der Waals surface area contributed by atoms with E-state index < -0.39 is 0 Å². The highest BCUT2D eigenvalue weighted by Gasteiger charge is 2.44. The molecule has 2 aliphatic heterocycles. The average molecular weight is 260 g/mol. The van der Waals surface area contributed by atoms with Crippen LogP contribution in [0.3, 0.4) is 0 Å². The summed E-state index contributed by atoms with van der Waals surface area (Å²) in [5.74, 6) is 2.01. The lowest BCUT2D eigenvalue weighted by Crippen LogP contribution is -2.36. The second-order valence-electron chi connectivity index (χ2n) is 5.99. The topological polar surface area (TPSA) is 35.5 Å². The summed E-state index contributed by atoms with van der Waals surface area (Å²) >= 11 is 0. The van der Waals surface area contributed by atoms with Gasteiger partial charge in [0.15, 0.2) is 0 Å². The Kier molecular flexibility index (Phi) is 3.50. The van der Waals surface area contributed by atoms with Crippen molar-refractivity contribution in [2.75, 3.05) is 19.6 Å². The highest BCUT2D eigenvalue weighted by Crippen LogP contribution is 2.40. The average Bonchev–Trinajstić information content (AvgIpc) is 2.98. The molecule has 2 heterocycles. The lowest BCUT2D eigenvalue weighted by Gasteiger charge is -2.33. The molecule has 4 unspecified atom stereocenters. The molecule has 4 atom stereocenters. The number of phenolic OH excluding ortho intramolecular Hbond substituents is 1. The fourth-order valence-corrected chi connectivity index (χ4v) is 4.06. The number of likely N-dealkylation sites (tertiary alicyclic amines) is 1. The van der Waals surface area contributed by atoms with Crippen molar-refractivity contribution in [3.05, 3.63) is 29.8 Å². The molecule has 3 nitrogen and oxygen atoms in total. The number of benzene rings is 1. The highest BCUT2D eigenvalue weighted by atomic mass is 16.3. The second kappa shape index (κ2) is 5.14. The van der Waals surface area contributed by atoms with Gasteiger partial charge in [0, 0.05) is 24.2 Å². The van der Waals surface area contributed by atoms with E-state index in [4.69, 9.17) is 0 Å². The summed E-state index contributed by atoms with van der Waals surface area (Å²) < 4.78 is 0. The summed E-state index contributed by atoms with van der Waals surface area (Å²) in [4.78, 5) is 2.60. The zero-order valence-corrected chi connectivity index (χ0v) is 11.8. The molecule has 3 rings (SSSR count). The van der Waals surface area contributed by atoms with Gasteiger partial charge in [-0.05, 0) is 44.3 Å². The molecule has 2 N–H and O–H groups in total. The zero-order chi connectivity index (χ0) is 13.4. The van der Waals surface area contributed by atoms with Crippen LogP contribution in [0, 0.1) is 11.8 Å². The Bertz CT molecular complexity index is 448. The van der Waals surface area contributed by atoms with Crippen LogP contribution in [0.2, 0.25) is 0 Å². The molecule has 0 saturated carbocycles. The van der Waals surface area contributed by atoms with Crippen LogP contribution < -0.4 is 5.32 Å². The van der Waals surface area contributed by atoms with Crippen LogP contribution in [0.5, 0.6) is 5.75 Å². The standard InChI is InChI=1S/C16H24N2O/c1-3-15-14-9-17-8-12(14)10-18(15)11(2)13-6-4-5-7-16(13)19/h4-7,11-12,14-15,17,19H,3,8-10H2,1-2H3. The molecule has 2 aliphatic rings. The van der Waals surface area contributed by atoms with E-state index in [9.17, 15) is 5.11 Å². The Hall–Kier alpha value is -1.06. The van der Waals surface area contributed by atoms with Crippen molar-refractivity contribution in [1.82, 2.24) is 10.2 Å². The first-order chi connectivity index (χ1) is 9.22. The molecule has 1 aromatic carbocycles. The summed E-state index contributed by atoms with van der Waals surface area (Å²) in [6.45, 7) is 7.99. The number of phenols is 1. The molecule has 3 heteroatoms. The van der Waals surface area contributed by atoms with Crippen LogP contribution in [-0.4, -0.2) is 35.7 Å². The molecule has 0 spiro atoms. The molecule has 2 saturated heterocycles. The van der Waals surface area contributed by atoms with Gasteiger partial charge < -0.3 is 10.4 Å². The van der Waals surface area contributed by atoms with E-state index in [0.29, 0.717) is 17.8 Å². The van der Waals surface area contributed by atoms with Crippen molar-refractivity contribution in [3.8, 4) is 5.75 Å². The minimum absolute atomic E-state index is 0.303. The SMILES string of the molecule is CCC1C2CNCC2CN1C(C)c1ccccc1O. The molecular weight excluding hydrogens is 236 g/mol. The summed E-state index contributed by atoms with van der Waals surface area (Å²) in [5, 5.41) is 13.6. The molecular formula is C16H24N2O. The van der Waals surface area contributed by atoms with E-state index in [1.54, 1.807) is 6.07 Å². The number of nitrogens with zero attached hydrogens (tertiary/aromatic N) is 1. The van der Waals surface area contributed by atoms with Gasteiger partial charge in [-0.2, -0.15) is 0 Å². The summed E-state index contributed by atoms with van der Waals surface area (Å²) in [7, 11) is 0. The third-order valence-electron chi connectivity index (χ3n) is 5.06. The maximum atomic E-state index is 10.1. The first-order valence-corrected chi connectivity index (χ1v) is 7.46. The molecule has 104 valence electrons. The molecule has 19 heavy (non-hydrogen) atoms. The number of nitrogens with one attached hydrogen (secondary N) is 1. The summed E-state index contributed by atoms with van der Waals surface area (Å²) in [5.41, 5.74) is 1.06. The summed E-state index contributed by atoms with van der Waals surface area (Å²) in [6, 6.07) is 8.71. The maximum absolute atomic E-state index is 10.1. The van der Waals surface area contributed by atoms with Crippen LogP contribution in [0.25, 0.3) is 0 Å². The first kappa shape index (κ1) is 12.9. The Labute approximate surface area is 115 Å². The number of rotatable bonds is 3. The second-order valence-corrected chi connectivity index (χ2v) is 5.99. The van der Waals surface area contributed by atoms with Crippen molar-refractivity contribution < 1.29 is 5.11 Å². The Morgan fingerprint density at radius 2 is 2.16 bits per heavy atom. The van der Waals surface area contributed by atoms with Gasteiger partial charge in [-0.3, -0.25) is 4.90 Å². The number of fused-ring (bicyclic) bond motifs is 1. The predicted octanol–water partition coefficient (Wildman–Crippen LogP) is 2.38. The van der Waals surface area contributed by atoms with E-state index >= 15 is 0 Å². The normalized spacial score (nSPS) is 32.4. The minimum atomic E-state index is 0.303. The van der Waals surface area contributed by atoms with Crippen LogP contribution in [-0.2, 0) is 0 Å². The fourth-order valence-electron chi connectivity index (χ4n) is 4.06. The van der Waals surface area contributed by atoms with Gasteiger partial charge in [0.1, 0.15) is 5.75 Å². The van der Waals surface area contributed by atoms with Gasteiger partial charge in [-0.15, -0.1) is 0 Å². The van der Waals surface area contributed by atoms with Gasteiger partial charge in [0.2, 0.25) is 0 Å². The molecule has 0 radical (unpaired) electrons. The molecule has 0 amide bonds. The van der Waals surface area contributed by atoms with Crippen molar-refractivity contribution in [2.45, 2.75) is 32.4 Å². The van der Waals surface area contributed by atoms with E-state index in [2.05, 4.69) is 30.1 Å². The predicted molar refractivity (Wildman–Crippen MR) is 77.2 cm³/mol. The van der Waals surface area contributed by atoms with Crippen LogP contribution >= 0.6 is 0 Å². The molecule has 0 aromatic heterocycles. The van der Waals surface area contributed by atoms with Crippen LogP contribution in [0.15, 0.2) is 24.3 Å². The quantitative estimate of drug-likeness (QED) is 0.876. The smallest absolute Gasteiger partial charge is 0.120 e. The third-order valence-corrected chi connectivity index (χ3v) is 5.06. The number of para-hydroxylation sites is 1. The zero-order valence-electron chi connectivity index (χ0n) is 11.8. The Balaban J connectivity index is 1.84. The number of hydrogen-bond acceptors (Lipinski definition) is 3. The van der Waals surface area contributed by atoms with E-state index in [1.807, 2.05) is 12.1 Å². The fraction of sp³-hybridized carbons (Fsp3) is 0.625. The first-order valence-electron chi connectivity index (χ1n) is 7.46. The van der Waals surface area contributed by atoms with Gasteiger partial charge in [0.25, 0.3) is 0 Å². The van der Waals surface area contributed by atoms with Crippen molar-refractivity contribution in [3.63, 3.8) is 0 Å². The Morgan fingerprint density at radius 1 is 1.37 bits per heavy atom. The van der Waals surface area contributed by atoms with Crippen LogP contribution in [0.1, 0.15) is 31.9 Å². The van der Waals surface area contributed by atoms with E-state index in [-0.39, 0.29) is 0 Å². The van der Waals surface area contributed by atoms with Crippen LogP contribution in [0.4, 0.5) is 0 Å². The van der Waals surface area contributed by atoms with Crippen molar-refractivity contribution in [1.29, 1.82) is 0 Å². The van der Waals surface area contributed by atoms with Gasteiger partial charge >= 0.3 is 0 Å². The lowest BCUT2D eigenvalue weighted by molar-refractivity contribution is 0.163. The van der Waals surface area contributed by atoms with Crippen molar-refractivity contribution in [2.24, 2.45) is 11.8 Å². The maximum Gasteiger partial charge on any atom is 0.120 e. The van der Waals surface area contributed by atoms with Gasteiger partial charge in [0.05, 0.1) is 0 Å². The largest absolute Gasteiger partial charge is 0.508 e. The minimum Gasteiger partial charge on any atom is -0.508 e. The highest BCUT2D eigenvalue weighted by molar-refractivity contribution is 5.34. The van der Waals surface area contributed by atoms with E-state index in [0.717, 1.165) is 37.0 Å². The molecule has 2 fully saturated rings.